The number of hydrogen-bond acceptors (Lipinski definition) is 4. The Morgan fingerprint density at radius 2 is 1.91 bits per heavy atom. The van der Waals surface area contributed by atoms with Gasteiger partial charge in [0, 0.05) is 26.2 Å². The molecule has 0 aliphatic carbocycles. The number of sulfonamides is 1. The standard InChI is InChI=1S/C16H31N3O3S/c1-3-23(21,22)19-10-6-7-15(13-19)16(20)17-11-14(2)12-18-8-4-5-9-18/h14-15H,3-13H2,1-2H3,(H,17,20)/t14-,15-/m0/s1. The average Bonchev–Trinajstić information content (AvgIpc) is 3.05. The van der Waals surface area contributed by atoms with E-state index >= 15 is 0 Å². The summed E-state index contributed by atoms with van der Waals surface area (Å²) in [6.45, 7) is 8.74. The molecule has 2 atom stereocenters. The lowest BCUT2D eigenvalue weighted by molar-refractivity contribution is -0.126. The molecule has 2 fully saturated rings. The number of nitrogens with zero attached hydrogens (tertiary/aromatic N) is 2. The number of nitrogens with one attached hydrogen (secondary N) is 1. The highest BCUT2D eigenvalue weighted by Crippen LogP contribution is 2.19. The molecular formula is C16H31N3O3S. The van der Waals surface area contributed by atoms with Crippen LogP contribution in [-0.4, -0.2) is 68.6 Å². The number of amides is 1. The predicted molar refractivity (Wildman–Crippen MR) is 91.6 cm³/mol. The highest BCUT2D eigenvalue weighted by molar-refractivity contribution is 7.89. The fourth-order valence-corrected chi connectivity index (χ4v) is 4.66. The molecule has 0 bridgehead atoms. The number of carbonyl (C=O) groups excluding carboxylic acids is 1. The van der Waals surface area contributed by atoms with E-state index in [1.807, 2.05) is 0 Å². The van der Waals surface area contributed by atoms with Crippen molar-refractivity contribution < 1.29 is 13.2 Å². The minimum atomic E-state index is -3.19. The normalized spacial score (nSPS) is 25.4. The molecule has 134 valence electrons. The molecule has 1 N–H and O–H groups in total. The van der Waals surface area contributed by atoms with Crippen molar-refractivity contribution in [2.45, 2.75) is 39.5 Å². The molecule has 2 saturated heterocycles. The molecule has 0 unspecified atom stereocenters. The van der Waals surface area contributed by atoms with Gasteiger partial charge in [0.2, 0.25) is 15.9 Å². The Morgan fingerprint density at radius 3 is 2.57 bits per heavy atom. The van der Waals surface area contributed by atoms with Gasteiger partial charge in [-0.3, -0.25) is 4.79 Å². The molecule has 0 aromatic rings. The number of rotatable bonds is 7. The molecule has 0 radical (unpaired) electrons. The van der Waals surface area contributed by atoms with Crippen molar-refractivity contribution in [1.82, 2.24) is 14.5 Å². The van der Waals surface area contributed by atoms with Crippen LogP contribution in [0.5, 0.6) is 0 Å². The summed E-state index contributed by atoms with van der Waals surface area (Å²) in [5, 5.41) is 3.03. The van der Waals surface area contributed by atoms with E-state index in [1.165, 1.54) is 30.2 Å². The Bertz CT molecular complexity index is 489. The largest absolute Gasteiger partial charge is 0.356 e. The van der Waals surface area contributed by atoms with Crippen molar-refractivity contribution in [1.29, 1.82) is 0 Å². The minimum Gasteiger partial charge on any atom is -0.356 e. The monoisotopic (exact) mass is 345 g/mol. The van der Waals surface area contributed by atoms with Crippen LogP contribution in [0, 0.1) is 11.8 Å². The first-order chi connectivity index (χ1) is 10.9. The fourth-order valence-electron chi connectivity index (χ4n) is 3.48. The van der Waals surface area contributed by atoms with Gasteiger partial charge >= 0.3 is 0 Å². The maximum absolute atomic E-state index is 12.4. The first kappa shape index (κ1) is 18.7. The van der Waals surface area contributed by atoms with E-state index in [-0.39, 0.29) is 17.6 Å². The second-order valence-corrected chi connectivity index (χ2v) is 9.21. The van der Waals surface area contributed by atoms with E-state index in [4.69, 9.17) is 0 Å². The maximum Gasteiger partial charge on any atom is 0.224 e. The van der Waals surface area contributed by atoms with E-state index in [0.29, 0.717) is 25.6 Å². The van der Waals surface area contributed by atoms with Gasteiger partial charge in [-0.25, -0.2) is 12.7 Å². The van der Waals surface area contributed by atoms with Gasteiger partial charge < -0.3 is 10.2 Å². The molecule has 23 heavy (non-hydrogen) atoms. The molecule has 2 aliphatic rings. The summed E-state index contributed by atoms with van der Waals surface area (Å²) >= 11 is 0. The van der Waals surface area contributed by atoms with Crippen molar-refractivity contribution in [2.75, 3.05) is 45.0 Å². The molecular weight excluding hydrogens is 314 g/mol. The molecule has 1 amide bonds. The quantitative estimate of drug-likeness (QED) is 0.744. The van der Waals surface area contributed by atoms with E-state index < -0.39 is 10.0 Å². The van der Waals surface area contributed by atoms with Gasteiger partial charge in [0.05, 0.1) is 11.7 Å². The smallest absolute Gasteiger partial charge is 0.224 e. The third kappa shape index (κ3) is 5.43. The summed E-state index contributed by atoms with van der Waals surface area (Å²) in [5.74, 6) is 0.336. The second-order valence-electron chi connectivity index (χ2n) is 6.96. The molecule has 6 nitrogen and oxygen atoms in total. The van der Waals surface area contributed by atoms with Crippen molar-refractivity contribution >= 4 is 15.9 Å². The lowest BCUT2D eigenvalue weighted by Crippen LogP contribution is -2.46. The lowest BCUT2D eigenvalue weighted by Gasteiger charge is -2.31. The van der Waals surface area contributed by atoms with Crippen LogP contribution >= 0.6 is 0 Å². The maximum atomic E-state index is 12.4. The molecule has 7 heteroatoms. The topological polar surface area (TPSA) is 69.7 Å². The summed E-state index contributed by atoms with van der Waals surface area (Å²) < 4.78 is 25.4. The summed E-state index contributed by atoms with van der Waals surface area (Å²) in [6, 6.07) is 0. The van der Waals surface area contributed by atoms with Gasteiger partial charge in [-0.05, 0) is 51.6 Å². The molecule has 0 aromatic heterocycles. The second kappa shape index (κ2) is 8.44. The molecule has 0 aromatic carbocycles. The zero-order valence-corrected chi connectivity index (χ0v) is 15.3. The molecule has 0 spiro atoms. The summed E-state index contributed by atoms with van der Waals surface area (Å²) in [7, 11) is -3.19. The van der Waals surface area contributed by atoms with Crippen LogP contribution in [0.15, 0.2) is 0 Å². The first-order valence-corrected chi connectivity index (χ1v) is 10.5. The first-order valence-electron chi connectivity index (χ1n) is 8.90. The van der Waals surface area contributed by atoms with Gasteiger partial charge in [-0.2, -0.15) is 0 Å². The Labute approximate surface area is 140 Å². The Morgan fingerprint density at radius 1 is 1.22 bits per heavy atom. The van der Waals surface area contributed by atoms with Gasteiger partial charge in [0.1, 0.15) is 0 Å². The van der Waals surface area contributed by atoms with Crippen molar-refractivity contribution in [3.63, 3.8) is 0 Å². The minimum absolute atomic E-state index is 0.00859. The van der Waals surface area contributed by atoms with Crippen LogP contribution in [0.4, 0.5) is 0 Å². The fraction of sp³-hybridized carbons (Fsp3) is 0.938. The Hall–Kier alpha value is -0.660. The molecule has 2 rings (SSSR count). The van der Waals surface area contributed by atoms with Crippen LogP contribution in [0.3, 0.4) is 0 Å². The van der Waals surface area contributed by atoms with Crippen molar-refractivity contribution in [3.8, 4) is 0 Å². The third-order valence-corrected chi connectivity index (χ3v) is 6.75. The van der Waals surface area contributed by atoms with E-state index in [0.717, 1.165) is 19.4 Å². The van der Waals surface area contributed by atoms with E-state index in [1.54, 1.807) is 6.92 Å². The molecule has 2 aliphatic heterocycles. The number of piperidine rings is 1. The summed E-state index contributed by atoms with van der Waals surface area (Å²) in [4.78, 5) is 14.8. The summed E-state index contributed by atoms with van der Waals surface area (Å²) in [5.41, 5.74) is 0. The Kier molecular flexibility index (Phi) is 6.85. The number of hydrogen-bond donors (Lipinski definition) is 1. The number of likely N-dealkylation sites (tertiary alicyclic amines) is 1. The van der Waals surface area contributed by atoms with Crippen LogP contribution in [0.25, 0.3) is 0 Å². The van der Waals surface area contributed by atoms with Crippen molar-refractivity contribution in [3.05, 3.63) is 0 Å². The summed E-state index contributed by atoms with van der Waals surface area (Å²) in [6.07, 6.45) is 4.11. The molecule has 0 saturated carbocycles. The van der Waals surface area contributed by atoms with E-state index in [2.05, 4.69) is 17.1 Å². The van der Waals surface area contributed by atoms with Gasteiger partial charge in [0.25, 0.3) is 0 Å². The average molecular weight is 346 g/mol. The SMILES string of the molecule is CCS(=O)(=O)N1CCC[C@H](C(=O)NC[C@H](C)CN2CCCC2)C1. The molecule has 2 heterocycles. The zero-order chi connectivity index (χ0) is 16.9. The highest BCUT2D eigenvalue weighted by Gasteiger charge is 2.31. The van der Waals surface area contributed by atoms with Crippen molar-refractivity contribution in [2.24, 2.45) is 11.8 Å². The predicted octanol–water partition coefficient (Wildman–Crippen LogP) is 0.896. The van der Waals surface area contributed by atoms with E-state index in [9.17, 15) is 13.2 Å². The van der Waals surface area contributed by atoms with Gasteiger partial charge in [0.15, 0.2) is 0 Å². The Balaban J connectivity index is 1.76. The van der Waals surface area contributed by atoms with Crippen LogP contribution in [0.1, 0.15) is 39.5 Å². The highest BCUT2D eigenvalue weighted by atomic mass is 32.2. The lowest BCUT2D eigenvalue weighted by atomic mass is 9.98. The zero-order valence-electron chi connectivity index (χ0n) is 14.5. The third-order valence-electron chi connectivity index (χ3n) is 4.91. The van der Waals surface area contributed by atoms with Gasteiger partial charge in [-0.1, -0.05) is 6.92 Å². The van der Waals surface area contributed by atoms with Gasteiger partial charge in [-0.15, -0.1) is 0 Å². The van der Waals surface area contributed by atoms with Crippen LogP contribution < -0.4 is 5.32 Å². The van der Waals surface area contributed by atoms with Crippen LogP contribution in [-0.2, 0) is 14.8 Å². The number of carbonyl (C=O) groups is 1. The van der Waals surface area contributed by atoms with Crippen LogP contribution in [0.2, 0.25) is 0 Å².